The van der Waals surface area contributed by atoms with Gasteiger partial charge in [0.05, 0.1) is 6.04 Å². The molecule has 6 atom stereocenters. The van der Waals surface area contributed by atoms with Crippen molar-refractivity contribution in [2.24, 2.45) is 11.8 Å². The van der Waals surface area contributed by atoms with Crippen molar-refractivity contribution in [1.29, 1.82) is 0 Å². The lowest BCUT2D eigenvalue weighted by molar-refractivity contribution is -0.145. The van der Waals surface area contributed by atoms with E-state index in [1.807, 2.05) is 89.2 Å². The number of likely N-dealkylation sites (N-methyl/N-ethyl adjacent to an activating group) is 1. The molecule has 3 heterocycles. The Labute approximate surface area is 266 Å². The molecule has 1 saturated heterocycles. The first-order valence-corrected chi connectivity index (χ1v) is 15.8. The maximum atomic E-state index is 14.3. The molecule has 3 aliphatic rings. The van der Waals surface area contributed by atoms with E-state index >= 15 is 0 Å². The molecule has 3 aliphatic heterocycles. The Hall–Kier alpha value is -4.18. The Morgan fingerprint density at radius 3 is 2.33 bits per heavy atom. The van der Waals surface area contributed by atoms with Gasteiger partial charge in [-0.05, 0) is 55.3 Å². The van der Waals surface area contributed by atoms with Crippen molar-refractivity contribution in [2.75, 3.05) is 20.6 Å². The minimum Gasteiger partial charge on any atom is -0.488 e. The summed E-state index contributed by atoms with van der Waals surface area (Å²) in [5.74, 6) is -1.03. The molecule has 45 heavy (non-hydrogen) atoms. The number of ether oxygens (including phenoxy) is 1. The molecule has 0 spiro atoms. The number of amides is 4. The van der Waals surface area contributed by atoms with Gasteiger partial charge in [-0.3, -0.25) is 24.1 Å². The Bertz CT molecular complexity index is 1360. The topological polar surface area (TPSA) is 120 Å². The van der Waals surface area contributed by atoms with Gasteiger partial charge in [-0.2, -0.15) is 0 Å². The van der Waals surface area contributed by atoms with Crippen LogP contribution < -0.4 is 20.7 Å². The molecule has 0 radical (unpaired) electrons. The number of carbonyl (C=O) groups is 4. The van der Waals surface area contributed by atoms with Crippen LogP contribution in [0.2, 0.25) is 0 Å². The second-order valence-corrected chi connectivity index (χ2v) is 12.6. The number of benzene rings is 2. The number of fused-ring (bicyclic) bond motifs is 7. The number of nitrogens with one attached hydrogen (secondary N) is 3. The van der Waals surface area contributed by atoms with Crippen molar-refractivity contribution in [1.82, 2.24) is 25.8 Å². The lowest BCUT2D eigenvalue weighted by atomic mass is 9.95. The zero-order valence-corrected chi connectivity index (χ0v) is 27.2. The van der Waals surface area contributed by atoms with E-state index in [-0.39, 0.29) is 42.5 Å². The van der Waals surface area contributed by atoms with Gasteiger partial charge in [0.15, 0.2) is 0 Å². The minimum atomic E-state index is -1.01. The molecule has 3 N–H and O–H groups in total. The maximum absolute atomic E-state index is 14.3. The van der Waals surface area contributed by atoms with Gasteiger partial charge >= 0.3 is 0 Å². The van der Waals surface area contributed by atoms with E-state index in [1.165, 1.54) is 4.90 Å². The van der Waals surface area contributed by atoms with Crippen molar-refractivity contribution in [2.45, 2.75) is 77.2 Å². The molecule has 5 rings (SSSR count). The van der Waals surface area contributed by atoms with Crippen LogP contribution in [-0.2, 0) is 25.6 Å². The van der Waals surface area contributed by atoms with E-state index in [4.69, 9.17) is 4.74 Å². The fourth-order valence-corrected chi connectivity index (χ4v) is 6.07. The average molecular weight is 618 g/mol. The fourth-order valence-electron chi connectivity index (χ4n) is 6.07. The van der Waals surface area contributed by atoms with Crippen LogP contribution in [0.15, 0.2) is 60.8 Å². The van der Waals surface area contributed by atoms with E-state index in [0.717, 1.165) is 17.5 Å². The number of likely N-dealkylation sites (tertiary alicyclic amines) is 1. The van der Waals surface area contributed by atoms with Crippen LogP contribution >= 0.6 is 0 Å². The molecule has 0 unspecified atom stereocenters. The molecule has 0 saturated carbocycles. The summed E-state index contributed by atoms with van der Waals surface area (Å²) in [6.07, 6.45) is 4.15. The largest absolute Gasteiger partial charge is 0.488 e. The molecule has 2 bridgehead atoms. The highest BCUT2D eigenvalue weighted by Gasteiger charge is 2.47. The van der Waals surface area contributed by atoms with Crippen LogP contribution in [0, 0.1) is 11.8 Å². The summed E-state index contributed by atoms with van der Waals surface area (Å²) in [5.41, 5.74) is 1.75. The second-order valence-electron chi connectivity index (χ2n) is 12.6. The summed E-state index contributed by atoms with van der Waals surface area (Å²) in [6.45, 7) is 8.07. The zero-order valence-electron chi connectivity index (χ0n) is 27.2. The quantitative estimate of drug-likeness (QED) is 0.398. The first-order chi connectivity index (χ1) is 21.5. The molecule has 1 fully saturated rings. The van der Waals surface area contributed by atoms with E-state index in [9.17, 15) is 19.2 Å². The molecule has 2 aromatic rings. The number of carbonyl (C=O) groups excluding carboxylic acids is 4. The molecular formula is C35H47N5O5. The predicted octanol–water partition coefficient (Wildman–Crippen LogP) is 2.98. The SMILES string of the molecule is CC[C@@H](C)[C@@H](C(=O)N[C@H](C(=O)N1CC[C@@H]2Oc3ccc(cc3)/C=C/NC(=O)[C@H](Cc3ccccc3)NC(=O)[C@@H]21)C(C)C)N(C)C. The Morgan fingerprint density at radius 1 is 1.02 bits per heavy atom. The maximum Gasteiger partial charge on any atom is 0.247 e. The zero-order chi connectivity index (χ0) is 32.7. The first kappa shape index (κ1) is 33.7. The summed E-state index contributed by atoms with van der Waals surface area (Å²) in [6, 6.07) is 13.6. The van der Waals surface area contributed by atoms with Crippen molar-refractivity contribution in [3.05, 3.63) is 71.9 Å². The summed E-state index contributed by atoms with van der Waals surface area (Å²) in [5, 5.41) is 8.74. The number of hydrogen-bond acceptors (Lipinski definition) is 6. The highest BCUT2D eigenvalue weighted by molar-refractivity contribution is 5.96. The van der Waals surface area contributed by atoms with Crippen LogP contribution in [0.3, 0.4) is 0 Å². The van der Waals surface area contributed by atoms with E-state index in [1.54, 1.807) is 24.4 Å². The number of rotatable bonds is 9. The highest BCUT2D eigenvalue weighted by atomic mass is 16.5. The van der Waals surface area contributed by atoms with E-state index < -0.39 is 36.2 Å². The molecule has 0 aliphatic carbocycles. The first-order valence-electron chi connectivity index (χ1n) is 15.8. The van der Waals surface area contributed by atoms with Gasteiger partial charge in [-0.1, -0.05) is 76.6 Å². The average Bonchev–Trinajstić information content (AvgIpc) is 3.43. The lowest BCUT2D eigenvalue weighted by Gasteiger charge is -2.35. The van der Waals surface area contributed by atoms with Gasteiger partial charge in [0, 0.05) is 25.6 Å². The smallest absolute Gasteiger partial charge is 0.247 e. The summed E-state index contributed by atoms with van der Waals surface area (Å²) < 4.78 is 6.33. The molecule has 10 nitrogen and oxygen atoms in total. The third-order valence-electron chi connectivity index (χ3n) is 8.72. The molecule has 4 amide bonds. The summed E-state index contributed by atoms with van der Waals surface area (Å²) >= 11 is 0. The highest BCUT2D eigenvalue weighted by Crippen LogP contribution is 2.27. The molecule has 2 aromatic carbocycles. The fraction of sp³-hybridized carbons (Fsp3) is 0.486. The lowest BCUT2D eigenvalue weighted by Crippen LogP contribution is -2.61. The Morgan fingerprint density at radius 2 is 1.71 bits per heavy atom. The number of nitrogens with zero attached hydrogens (tertiary/aromatic N) is 2. The summed E-state index contributed by atoms with van der Waals surface area (Å²) in [4.78, 5) is 58.7. The molecule has 10 heteroatoms. The third kappa shape index (κ3) is 8.30. The molecular weight excluding hydrogens is 570 g/mol. The van der Waals surface area contributed by atoms with Crippen molar-refractivity contribution < 1.29 is 23.9 Å². The minimum absolute atomic E-state index is 0.0757. The Balaban J connectivity index is 1.66. The molecule has 242 valence electrons. The normalized spacial score (nSPS) is 22.8. The summed E-state index contributed by atoms with van der Waals surface area (Å²) in [7, 11) is 3.71. The van der Waals surface area contributed by atoms with Crippen LogP contribution in [0.1, 0.15) is 51.7 Å². The molecule has 0 aromatic heterocycles. The van der Waals surface area contributed by atoms with Gasteiger partial charge < -0.3 is 25.6 Å². The van der Waals surface area contributed by atoms with Crippen molar-refractivity contribution in [3.63, 3.8) is 0 Å². The second kappa shape index (κ2) is 15.2. The van der Waals surface area contributed by atoms with Gasteiger partial charge in [0.1, 0.15) is 30.0 Å². The van der Waals surface area contributed by atoms with Crippen LogP contribution in [0.4, 0.5) is 0 Å². The van der Waals surface area contributed by atoms with Crippen LogP contribution in [0.25, 0.3) is 6.08 Å². The van der Waals surface area contributed by atoms with Gasteiger partial charge in [0.25, 0.3) is 0 Å². The Kier molecular flexibility index (Phi) is 11.4. The third-order valence-corrected chi connectivity index (χ3v) is 8.72. The van der Waals surface area contributed by atoms with E-state index in [0.29, 0.717) is 12.2 Å². The van der Waals surface area contributed by atoms with Gasteiger partial charge in [0.2, 0.25) is 23.6 Å². The van der Waals surface area contributed by atoms with Crippen molar-refractivity contribution in [3.8, 4) is 5.75 Å². The predicted molar refractivity (Wildman–Crippen MR) is 174 cm³/mol. The van der Waals surface area contributed by atoms with Gasteiger partial charge in [-0.25, -0.2) is 0 Å². The van der Waals surface area contributed by atoms with Crippen LogP contribution in [0.5, 0.6) is 5.75 Å². The van der Waals surface area contributed by atoms with E-state index in [2.05, 4.69) is 16.0 Å². The van der Waals surface area contributed by atoms with Crippen molar-refractivity contribution >= 4 is 29.7 Å². The standard InChI is InChI=1S/C35H47N5O5/c1-7-23(4)30(39(5)6)33(42)38-29(22(2)3)35(44)40-20-18-28-31(40)34(43)37-27(21-25-11-9-8-10-12-25)32(41)36-19-17-24-13-15-26(45-28)16-14-24/h8-17,19,22-23,27-31H,7,18,20-21H2,1-6H3,(H,36,41)(H,37,43)(H,38,42)/b19-17+/t23-,27+,28+,29+,30+,31-/m1/s1. The van der Waals surface area contributed by atoms with Crippen LogP contribution in [-0.4, -0.2) is 84.3 Å². The monoisotopic (exact) mass is 617 g/mol. The van der Waals surface area contributed by atoms with Gasteiger partial charge in [-0.15, -0.1) is 0 Å². The number of hydrogen-bond donors (Lipinski definition) is 3.